The highest BCUT2D eigenvalue weighted by Crippen LogP contribution is 2.37. The summed E-state index contributed by atoms with van der Waals surface area (Å²) in [4.78, 5) is 29.8. The van der Waals surface area contributed by atoms with Crippen molar-refractivity contribution in [1.82, 2.24) is 19.5 Å². The summed E-state index contributed by atoms with van der Waals surface area (Å²) in [5.41, 5.74) is 0.752. The number of rotatable bonds is 2. The monoisotopic (exact) mass is 363 g/mol. The fourth-order valence-electron chi connectivity index (χ4n) is 3.83. The van der Waals surface area contributed by atoms with Crippen LogP contribution in [0, 0.1) is 0 Å². The highest BCUT2D eigenvalue weighted by atomic mass is 32.1. The molecule has 6 nitrogen and oxygen atoms in total. The molecule has 7 heteroatoms. The van der Waals surface area contributed by atoms with Crippen LogP contribution in [0.25, 0.3) is 21.1 Å². The Morgan fingerprint density at radius 3 is 2.96 bits per heavy atom. The molecule has 4 heterocycles. The molecule has 5 rings (SSSR count). The second-order valence-electron chi connectivity index (χ2n) is 6.54. The van der Waals surface area contributed by atoms with Gasteiger partial charge in [-0.1, -0.05) is 12.1 Å². The second kappa shape index (κ2) is 5.88. The lowest BCUT2D eigenvalue weighted by Crippen LogP contribution is -2.31. The number of benzene rings is 1. The Kier molecular flexibility index (Phi) is 3.49. The van der Waals surface area contributed by atoms with Gasteiger partial charge in [0.2, 0.25) is 0 Å². The van der Waals surface area contributed by atoms with E-state index in [0.717, 1.165) is 46.8 Å². The largest absolute Gasteiger partial charge is 0.346 e. The molecule has 130 valence electrons. The fraction of sp³-hybridized carbons (Fsp3) is 0.263. The normalized spacial score (nSPS) is 17.4. The summed E-state index contributed by atoms with van der Waals surface area (Å²) in [6, 6.07) is 9.64. The Balaban J connectivity index is 1.68. The summed E-state index contributed by atoms with van der Waals surface area (Å²) in [6.45, 7) is 0.898. The summed E-state index contributed by atoms with van der Waals surface area (Å²) in [5.74, 6) is 1.73. The summed E-state index contributed by atoms with van der Waals surface area (Å²) in [5, 5.41) is 3.76. The van der Waals surface area contributed by atoms with Gasteiger partial charge in [-0.2, -0.15) is 0 Å². The lowest BCUT2D eigenvalue weighted by molar-refractivity contribution is 0.608. The lowest BCUT2D eigenvalue weighted by Gasteiger charge is -2.27. The van der Waals surface area contributed by atoms with Crippen LogP contribution in [0.4, 0.5) is 5.82 Å². The van der Waals surface area contributed by atoms with Gasteiger partial charge in [-0.3, -0.25) is 9.36 Å². The molecular formula is C19H17N5OS. The first-order valence-corrected chi connectivity index (χ1v) is 9.52. The van der Waals surface area contributed by atoms with Crippen LogP contribution in [0.5, 0.6) is 0 Å². The minimum absolute atomic E-state index is 0.000757. The molecule has 1 aromatic carbocycles. The number of hydrogen-bond acceptors (Lipinski definition) is 6. The maximum Gasteiger partial charge on any atom is 0.261 e. The van der Waals surface area contributed by atoms with E-state index in [2.05, 4.69) is 20.9 Å². The zero-order valence-corrected chi connectivity index (χ0v) is 15.1. The van der Waals surface area contributed by atoms with Crippen LogP contribution >= 0.6 is 11.3 Å². The van der Waals surface area contributed by atoms with Gasteiger partial charge in [0.25, 0.3) is 5.56 Å². The van der Waals surface area contributed by atoms with Crippen LogP contribution < -0.4 is 10.5 Å². The molecule has 0 saturated carbocycles. The van der Waals surface area contributed by atoms with E-state index >= 15 is 0 Å². The van der Waals surface area contributed by atoms with Crippen molar-refractivity contribution in [3.05, 3.63) is 58.2 Å². The predicted molar refractivity (Wildman–Crippen MR) is 104 cm³/mol. The molecule has 0 aliphatic carbocycles. The first kappa shape index (κ1) is 15.5. The van der Waals surface area contributed by atoms with E-state index in [9.17, 15) is 4.79 Å². The molecule has 1 fully saturated rings. The van der Waals surface area contributed by atoms with E-state index in [1.54, 1.807) is 22.2 Å². The Labute approximate surface area is 153 Å². The third-order valence-corrected chi connectivity index (χ3v) is 5.90. The quantitative estimate of drug-likeness (QED) is 0.547. The van der Waals surface area contributed by atoms with E-state index in [-0.39, 0.29) is 11.6 Å². The average molecular weight is 363 g/mol. The van der Waals surface area contributed by atoms with Gasteiger partial charge in [0.1, 0.15) is 22.8 Å². The molecule has 0 bridgehead atoms. The zero-order chi connectivity index (χ0) is 17.7. The van der Waals surface area contributed by atoms with E-state index in [1.165, 1.54) is 0 Å². The van der Waals surface area contributed by atoms with Crippen LogP contribution in [0.15, 0.2) is 46.8 Å². The number of nitrogens with zero attached hydrogens (tertiary/aromatic N) is 5. The van der Waals surface area contributed by atoms with E-state index in [1.807, 2.05) is 36.7 Å². The van der Waals surface area contributed by atoms with Crippen molar-refractivity contribution in [3.8, 4) is 0 Å². The maximum absolute atomic E-state index is 12.8. The van der Waals surface area contributed by atoms with Crippen molar-refractivity contribution < 1.29 is 0 Å². The summed E-state index contributed by atoms with van der Waals surface area (Å²) >= 11 is 1.62. The van der Waals surface area contributed by atoms with Gasteiger partial charge < -0.3 is 4.90 Å². The standard InChI is InChI=1S/C19H17N5OS/c1-23-17(22-14-6-3-2-5-12(14)19(23)25)15-7-4-9-24(15)16-13-8-10-26-18(13)21-11-20-16/h2-3,5-6,8,10-11,15H,4,7,9H2,1H3. The molecule has 26 heavy (non-hydrogen) atoms. The van der Waals surface area contributed by atoms with Gasteiger partial charge in [0, 0.05) is 13.6 Å². The van der Waals surface area contributed by atoms with Crippen LogP contribution in [0.2, 0.25) is 0 Å². The Morgan fingerprint density at radius 1 is 1.15 bits per heavy atom. The molecule has 0 amide bonds. The maximum atomic E-state index is 12.8. The molecule has 0 radical (unpaired) electrons. The number of aromatic nitrogens is 4. The van der Waals surface area contributed by atoms with Gasteiger partial charge in [-0.25, -0.2) is 15.0 Å². The van der Waals surface area contributed by atoms with Crippen molar-refractivity contribution in [2.45, 2.75) is 18.9 Å². The van der Waals surface area contributed by atoms with Gasteiger partial charge in [0.15, 0.2) is 0 Å². The molecule has 0 N–H and O–H groups in total. The van der Waals surface area contributed by atoms with E-state index in [0.29, 0.717) is 5.39 Å². The van der Waals surface area contributed by atoms with Gasteiger partial charge in [-0.15, -0.1) is 11.3 Å². The van der Waals surface area contributed by atoms with Crippen molar-refractivity contribution in [3.63, 3.8) is 0 Å². The summed E-state index contributed by atoms with van der Waals surface area (Å²) in [7, 11) is 1.81. The Bertz CT molecular complexity index is 1180. The van der Waals surface area contributed by atoms with Crippen molar-refractivity contribution in [2.75, 3.05) is 11.4 Å². The second-order valence-corrected chi connectivity index (χ2v) is 7.43. The van der Waals surface area contributed by atoms with Gasteiger partial charge >= 0.3 is 0 Å². The number of hydrogen-bond donors (Lipinski definition) is 0. The van der Waals surface area contributed by atoms with Gasteiger partial charge in [0.05, 0.1) is 22.3 Å². The fourth-order valence-corrected chi connectivity index (χ4v) is 4.55. The lowest BCUT2D eigenvalue weighted by atomic mass is 10.1. The molecule has 1 saturated heterocycles. The molecular weight excluding hydrogens is 346 g/mol. The van der Waals surface area contributed by atoms with E-state index < -0.39 is 0 Å². The average Bonchev–Trinajstić information content (AvgIpc) is 3.33. The minimum Gasteiger partial charge on any atom is -0.346 e. The molecule has 1 aliphatic rings. The smallest absolute Gasteiger partial charge is 0.261 e. The number of para-hydroxylation sites is 1. The van der Waals surface area contributed by atoms with Crippen LogP contribution in [-0.4, -0.2) is 26.1 Å². The highest BCUT2D eigenvalue weighted by molar-refractivity contribution is 7.16. The SMILES string of the molecule is Cn1c(C2CCCN2c2ncnc3sccc23)nc2ccccc2c1=O. The van der Waals surface area contributed by atoms with Crippen molar-refractivity contribution >= 4 is 38.3 Å². The Hall–Kier alpha value is -2.80. The third kappa shape index (κ3) is 2.24. The first-order valence-electron chi connectivity index (χ1n) is 8.64. The molecule has 1 unspecified atom stereocenters. The van der Waals surface area contributed by atoms with E-state index in [4.69, 9.17) is 4.98 Å². The van der Waals surface area contributed by atoms with Crippen molar-refractivity contribution in [2.24, 2.45) is 7.05 Å². The third-order valence-electron chi connectivity index (χ3n) is 5.08. The first-order chi connectivity index (χ1) is 12.7. The summed E-state index contributed by atoms with van der Waals surface area (Å²) in [6.07, 6.45) is 3.62. The predicted octanol–water partition coefficient (Wildman–Crippen LogP) is 3.28. The van der Waals surface area contributed by atoms with Crippen LogP contribution in [0.3, 0.4) is 0 Å². The number of anilines is 1. The zero-order valence-electron chi connectivity index (χ0n) is 14.3. The van der Waals surface area contributed by atoms with Crippen LogP contribution in [0.1, 0.15) is 24.7 Å². The van der Waals surface area contributed by atoms with Gasteiger partial charge in [-0.05, 0) is 36.4 Å². The molecule has 4 aromatic rings. The van der Waals surface area contributed by atoms with Crippen molar-refractivity contribution in [1.29, 1.82) is 0 Å². The molecule has 3 aromatic heterocycles. The van der Waals surface area contributed by atoms with Crippen LogP contribution in [-0.2, 0) is 7.05 Å². The summed E-state index contributed by atoms with van der Waals surface area (Å²) < 4.78 is 1.69. The molecule has 1 aliphatic heterocycles. The number of fused-ring (bicyclic) bond motifs is 2. The highest BCUT2D eigenvalue weighted by Gasteiger charge is 2.31. The molecule has 1 atom stereocenters. The topological polar surface area (TPSA) is 63.9 Å². The number of thiophene rings is 1. The minimum atomic E-state index is 0.000757. The molecule has 0 spiro atoms. The Morgan fingerprint density at radius 2 is 2.04 bits per heavy atom.